The van der Waals surface area contributed by atoms with Crippen molar-refractivity contribution in [3.05, 3.63) is 41.4 Å². The molecule has 4 rings (SSSR count). The van der Waals surface area contributed by atoms with Crippen LogP contribution in [0.3, 0.4) is 0 Å². The van der Waals surface area contributed by atoms with Crippen molar-refractivity contribution in [2.24, 2.45) is 0 Å². The van der Waals surface area contributed by atoms with Gasteiger partial charge < -0.3 is 9.84 Å². The van der Waals surface area contributed by atoms with Crippen LogP contribution in [0.15, 0.2) is 23.0 Å². The first kappa shape index (κ1) is 13.9. The van der Waals surface area contributed by atoms with Crippen LogP contribution < -0.4 is 5.32 Å². The van der Waals surface area contributed by atoms with E-state index in [0.717, 1.165) is 30.0 Å². The molecule has 1 N–H and O–H groups in total. The number of hydrogen-bond acceptors (Lipinski definition) is 6. The van der Waals surface area contributed by atoms with Crippen molar-refractivity contribution < 1.29 is 9.32 Å². The minimum atomic E-state index is -0.186. The number of nitrogens with one attached hydrogen (secondary N) is 1. The third-order valence-corrected chi connectivity index (χ3v) is 3.95. The maximum absolute atomic E-state index is 12.3. The molecule has 3 aromatic heterocycles. The second kappa shape index (κ2) is 5.45. The number of rotatable bonds is 5. The van der Waals surface area contributed by atoms with Crippen LogP contribution >= 0.6 is 0 Å². The topological polar surface area (TPSA) is 98.2 Å². The summed E-state index contributed by atoms with van der Waals surface area (Å²) in [4.78, 5) is 20.8. The van der Waals surface area contributed by atoms with Crippen molar-refractivity contribution in [3.8, 4) is 0 Å². The summed E-state index contributed by atoms with van der Waals surface area (Å²) in [6, 6.07) is 1.79. The first-order valence-corrected chi connectivity index (χ1v) is 7.62. The van der Waals surface area contributed by atoms with Crippen molar-refractivity contribution in [3.63, 3.8) is 0 Å². The molecule has 1 fully saturated rings. The van der Waals surface area contributed by atoms with Gasteiger partial charge in [0.25, 0.3) is 5.91 Å². The van der Waals surface area contributed by atoms with E-state index in [1.807, 2.05) is 6.92 Å². The summed E-state index contributed by atoms with van der Waals surface area (Å²) in [5.41, 5.74) is 1.98. The minimum Gasteiger partial charge on any atom is -0.351 e. The molecule has 0 spiro atoms. The SMILES string of the molecule is Cc1c(C(=O)NCCc2nc(C3CC3)no2)cnc2ccnn12. The van der Waals surface area contributed by atoms with Gasteiger partial charge in [-0.3, -0.25) is 4.79 Å². The fraction of sp³-hybridized carbons (Fsp3) is 0.400. The highest BCUT2D eigenvalue weighted by molar-refractivity contribution is 5.95. The van der Waals surface area contributed by atoms with Gasteiger partial charge in [-0.05, 0) is 19.8 Å². The molecular formula is C15H16N6O2. The van der Waals surface area contributed by atoms with E-state index in [0.29, 0.717) is 30.3 Å². The molecule has 1 amide bonds. The summed E-state index contributed by atoms with van der Waals surface area (Å²) >= 11 is 0. The average Bonchev–Trinajstić information content (AvgIpc) is 3.09. The van der Waals surface area contributed by atoms with Gasteiger partial charge in [-0.2, -0.15) is 10.1 Å². The largest absolute Gasteiger partial charge is 0.351 e. The van der Waals surface area contributed by atoms with Crippen LogP contribution in [0.1, 0.15) is 46.5 Å². The molecule has 1 aliphatic carbocycles. The number of carbonyl (C=O) groups is 1. The summed E-state index contributed by atoms with van der Waals surface area (Å²) < 4.78 is 6.83. The van der Waals surface area contributed by atoms with Crippen LogP contribution in [0.25, 0.3) is 5.65 Å². The van der Waals surface area contributed by atoms with Gasteiger partial charge in [-0.1, -0.05) is 5.16 Å². The molecule has 3 heterocycles. The zero-order chi connectivity index (χ0) is 15.8. The predicted octanol–water partition coefficient (Wildman–Crippen LogP) is 1.27. The molecule has 0 unspecified atom stereocenters. The van der Waals surface area contributed by atoms with E-state index in [1.165, 1.54) is 0 Å². The third-order valence-electron chi connectivity index (χ3n) is 3.95. The van der Waals surface area contributed by atoms with Crippen LogP contribution in [-0.4, -0.2) is 37.2 Å². The Morgan fingerprint density at radius 1 is 1.48 bits per heavy atom. The van der Waals surface area contributed by atoms with Gasteiger partial charge >= 0.3 is 0 Å². The number of hydrogen-bond donors (Lipinski definition) is 1. The summed E-state index contributed by atoms with van der Waals surface area (Å²) in [5.74, 6) is 1.63. The Kier molecular flexibility index (Phi) is 3.29. The van der Waals surface area contributed by atoms with Crippen molar-refractivity contribution in [1.29, 1.82) is 0 Å². The lowest BCUT2D eigenvalue weighted by atomic mass is 10.2. The molecule has 0 atom stereocenters. The van der Waals surface area contributed by atoms with Gasteiger partial charge in [0.05, 0.1) is 17.5 Å². The molecule has 3 aromatic rings. The first-order valence-electron chi connectivity index (χ1n) is 7.62. The van der Waals surface area contributed by atoms with E-state index in [9.17, 15) is 4.79 Å². The molecule has 1 saturated carbocycles. The maximum Gasteiger partial charge on any atom is 0.254 e. The van der Waals surface area contributed by atoms with E-state index in [4.69, 9.17) is 4.52 Å². The van der Waals surface area contributed by atoms with Crippen molar-refractivity contribution in [2.75, 3.05) is 6.54 Å². The van der Waals surface area contributed by atoms with Gasteiger partial charge in [0.15, 0.2) is 11.5 Å². The fourth-order valence-corrected chi connectivity index (χ4v) is 2.47. The molecule has 0 aromatic carbocycles. The average molecular weight is 312 g/mol. The molecule has 23 heavy (non-hydrogen) atoms. The number of fused-ring (bicyclic) bond motifs is 1. The second-order valence-corrected chi connectivity index (χ2v) is 5.68. The molecular weight excluding hydrogens is 296 g/mol. The zero-order valence-corrected chi connectivity index (χ0v) is 12.7. The van der Waals surface area contributed by atoms with Crippen molar-refractivity contribution >= 4 is 11.6 Å². The quantitative estimate of drug-likeness (QED) is 0.762. The summed E-state index contributed by atoms with van der Waals surface area (Å²) in [6.07, 6.45) is 6.02. The Morgan fingerprint density at radius 3 is 3.17 bits per heavy atom. The maximum atomic E-state index is 12.3. The van der Waals surface area contributed by atoms with Gasteiger partial charge in [0.1, 0.15) is 0 Å². The van der Waals surface area contributed by atoms with E-state index in [1.54, 1.807) is 23.0 Å². The number of carbonyl (C=O) groups excluding carboxylic acids is 1. The lowest BCUT2D eigenvalue weighted by molar-refractivity contribution is 0.0951. The second-order valence-electron chi connectivity index (χ2n) is 5.68. The molecule has 8 nitrogen and oxygen atoms in total. The lowest BCUT2D eigenvalue weighted by Gasteiger charge is -2.07. The highest BCUT2D eigenvalue weighted by Crippen LogP contribution is 2.38. The highest BCUT2D eigenvalue weighted by Gasteiger charge is 2.28. The summed E-state index contributed by atoms with van der Waals surface area (Å²) in [7, 11) is 0. The van der Waals surface area contributed by atoms with Crippen LogP contribution in [0, 0.1) is 6.92 Å². The number of aryl methyl sites for hydroxylation is 1. The summed E-state index contributed by atoms with van der Waals surface area (Å²) in [5, 5.41) is 11.0. The Hall–Kier alpha value is -2.77. The number of nitrogens with zero attached hydrogens (tertiary/aromatic N) is 5. The zero-order valence-electron chi connectivity index (χ0n) is 12.7. The third kappa shape index (κ3) is 2.67. The van der Waals surface area contributed by atoms with Crippen molar-refractivity contribution in [2.45, 2.75) is 32.1 Å². The number of amides is 1. The number of aromatic nitrogens is 5. The van der Waals surface area contributed by atoms with Crippen molar-refractivity contribution in [1.82, 2.24) is 30.1 Å². The van der Waals surface area contributed by atoms with E-state index < -0.39 is 0 Å². The van der Waals surface area contributed by atoms with Crippen LogP contribution in [-0.2, 0) is 6.42 Å². The standard InChI is InChI=1S/C15H16N6O2/c1-9-11(8-17-12-4-7-18-21(9)12)15(22)16-6-5-13-19-14(20-23-13)10-2-3-10/h4,7-8,10H,2-3,5-6H2,1H3,(H,16,22). The Labute approximate surface area is 131 Å². The predicted molar refractivity (Wildman–Crippen MR) is 80.0 cm³/mol. The van der Waals surface area contributed by atoms with Crippen LogP contribution in [0.4, 0.5) is 0 Å². The molecule has 1 aliphatic rings. The Balaban J connectivity index is 1.39. The molecule has 0 saturated heterocycles. The van der Waals surface area contributed by atoms with E-state index >= 15 is 0 Å². The summed E-state index contributed by atoms with van der Waals surface area (Å²) in [6.45, 7) is 2.28. The minimum absolute atomic E-state index is 0.186. The van der Waals surface area contributed by atoms with E-state index in [-0.39, 0.29) is 5.91 Å². The normalized spacial score (nSPS) is 14.3. The Bertz CT molecular complexity index is 864. The lowest BCUT2D eigenvalue weighted by Crippen LogP contribution is -2.27. The molecule has 0 bridgehead atoms. The smallest absolute Gasteiger partial charge is 0.254 e. The molecule has 0 aliphatic heterocycles. The molecule has 118 valence electrons. The Morgan fingerprint density at radius 2 is 2.35 bits per heavy atom. The molecule has 8 heteroatoms. The first-order chi connectivity index (χ1) is 11.2. The van der Waals surface area contributed by atoms with Gasteiger partial charge in [-0.25, -0.2) is 9.50 Å². The van der Waals surface area contributed by atoms with Crippen LogP contribution in [0.5, 0.6) is 0 Å². The molecule has 0 radical (unpaired) electrons. The fourth-order valence-electron chi connectivity index (χ4n) is 2.47. The highest BCUT2D eigenvalue weighted by atomic mass is 16.5. The van der Waals surface area contributed by atoms with Gasteiger partial charge in [0.2, 0.25) is 5.89 Å². The van der Waals surface area contributed by atoms with Crippen LogP contribution in [0.2, 0.25) is 0 Å². The monoisotopic (exact) mass is 312 g/mol. The van der Waals surface area contributed by atoms with E-state index in [2.05, 4.69) is 25.5 Å². The van der Waals surface area contributed by atoms with Gasteiger partial charge in [0, 0.05) is 31.1 Å². The van der Waals surface area contributed by atoms with Gasteiger partial charge in [-0.15, -0.1) is 0 Å².